The zero-order valence-electron chi connectivity index (χ0n) is 10.4. The van der Waals surface area contributed by atoms with Crippen molar-refractivity contribution < 1.29 is 14.3 Å². The molecule has 2 rings (SSSR count). The van der Waals surface area contributed by atoms with Gasteiger partial charge in [-0.3, -0.25) is 9.59 Å². The third kappa shape index (κ3) is 2.86. The van der Waals surface area contributed by atoms with Crippen molar-refractivity contribution >= 4 is 17.3 Å². The monoisotopic (exact) mass is 244 g/mol. The molecule has 94 valence electrons. The molecule has 0 amide bonds. The van der Waals surface area contributed by atoms with Crippen LogP contribution >= 0.6 is 0 Å². The number of ketones is 1. The lowest BCUT2D eigenvalue weighted by Crippen LogP contribution is -2.20. The molecule has 0 spiro atoms. The van der Waals surface area contributed by atoms with Crippen molar-refractivity contribution in [3.63, 3.8) is 0 Å². The molecular formula is C15H16O3. The second-order valence-electron chi connectivity index (χ2n) is 4.41. The molecule has 0 saturated carbocycles. The summed E-state index contributed by atoms with van der Waals surface area (Å²) in [6.45, 7) is 0. The molecule has 0 aromatic heterocycles. The number of hydrogen-bond donors (Lipinski definition) is 0. The molecule has 1 atom stereocenters. The highest BCUT2D eigenvalue weighted by atomic mass is 16.5. The van der Waals surface area contributed by atoms with Crippen LogP contribution in [0.3, 0.4) is 0 Å². The van der Waals surface area contributed by atoms with Crippen LogP contribution < -0.4 is 0 Å². The molecule has 0 fully saturated rings. The van der Waals surface area contributed by atoms with Gasteiger partial charge in [-0.2, -0.15) is 0 Å². The zero-order valence-corrected chi connectivity index (χ0v) is 10.4. The largest absolute Gasteiger partial charge is 0.469 e. The molecule has 18 heavy (non-hydrogen) atoms. The normalized spacial score (nSPS) is 19.3. The van der Waals surface area contributed by atoms with Crippen molar-refractivity contribution in [1.29, 1.82) is 0 Å². The fourth-order valence-corrected chi connectivity index (χ4v) is 2.19. The molecule has 3 heteroatoms. The van der Waals surface area contributed by atoms with Gasteiger partial charge in [0, 0.05) is 12.3 Å². The Kier molecular flexibility index (Phi) is 3.92. The van der Waals surface area contributed by atoms with E-state index in [1.54, 1.807) is 0 Å². The number of rotatable bonds is 3. The second-order valence-corrected chi connectivity index (χ2v) is 4.41. The van der Waals surface area contributed by atoms with E-state index in [4.69, 9.17) is 0 Å². The molecule has 1 aliphatic rings. The van der Waals surface area contributed by atoms with Gasteiger partial charge in [0.15, 0.2) is 0 Å². The first-order chi connectivity index (χ1) is 8.70. The van der Waals surface area contributed by atoms with Gasteiger partial charge >= 0.3 is 5.97 Å². The summed E-state index contributed by atoms with van der Waals surface area (Å²) in [7, 11) is 1.34. The maximum Gasteiger partial charge on any atom is 0.306 e. The van der Waals surface area contributed by atoms with E-state index >= 15 is 0 Å². The van der Waals surface area contributed by atoms with Crippen LogP contribution in [0.15, 0.2) is 36.4 Å². The first-order valence-corrected chi connectivity index (χ1v) is 6.06. The van der Waals surface area contributed by atoms with Crippen molar-refractivity contribution in [3.05, 3.63) is 42.0 Å². The molecule has 0 N–H and O–H groups in total. The Morgan fingerprint density at radius 2 is 2.00 bits per heavy atom. The first kappa shape index (κ1) is 12.6. The summed E-state index contributed by atoms with van der Waals surface area (Å²) >= 11 is 0. The van der Waals surface area contributed by atoms with Gasteiger partial charge in [0.1, 0.15) is 5.78 Å². The molecule has 0 heterocycles. The molecule has 3 nitrogen and oxygen atoms in total. The van der Waals surface area contributed by atoms with E-state index in [9.17, 15) is 9.59 Å². The molecule has 1 aliphatic carbocycles. The van der Waals surface area contributed by atoms with E-state index in [-0.39, 0.29) is 24.1 Å². The molecule has 0 aliphatic heterocycles. The number of methoxy groups -OCH3 is 1. The lowest BCUT2D eigenvalue weighted by atomic mass is 9.84. The Morgan fingerprint density at radius 1 is 1.28 bits per heavy atom. The van der Waals surface area contributed by atoms with Gasteiger partial charge in [-0.1, -0.05) is 36.4 Å². The number of carbonyl (C=O) groups is 2. The topological polar surface area (TPSA) is 43.4 Å². The van der Waals surface area contributed by atoms with Crippen LogP contribution in [-0.2, 0) is 14.3 Å². The summed E-state index contributed by atoms with van der Waals surface area (Å²) < 4.78 is 4.62. The van der Waals surface area contributed by atoms with Crippen LogP contribution in [0.1, 0.15) is 24.8 Å². The van der Waals surface area contributed by atoms with E-state index in [1.807, 2.05) is 36.4 Å². The quantitative estimate of drug-likeness (QED) is 0.768. The predicted molar refractivity (Wildman–Crippen MR) is 68.8 cm³/mol. The summed E-state index contributed by atoms with van der Waals surface area (Å²) in [4.78, 5) is 23.0. The van der Waals surface area contributed by atoms with E-state index < -0.39 is 0 Å². The maximum atomic E-state index is 11.8. The third-order valence-electron chi connectivity index (χ3n) is 3.22. The minimum Gasteiger partial charge on any atom is -0.469 e. The number of carbonyl (C=O) groups excluding carboxylic acids is 2. The van der Waals surface area contributed by atoms with Crippen molar-refractivity contribution in [2.75, 3.05) is 7.11 Å². The Morgan fingerprint density at radius 3 is 2.67 bits per heavy atom. The smallest absolute Gasteiger partial charge is 0.306 e. The number of Topliss-reactive ketones (excluding diaryl/α,β-unsaturated/α-hetero) is 1. The zero-order chi connectivity index (χ0) is 13.0. The van der Waals surface area contributed by atoms with Crippen LogP contribution in [0.4, 0.5) is 0 Å². The SMILES string of the molecule is COC(=O)CC1C=C(c2ccccc2)CCC1=O. The maximum absolute atomic E-state index is 11.8. The molecule has 0 bridgehead atoms. The van der Waals surface area contributed by atoms with Gasteiger partial charge in [0.05, 0.1) is 13.5 Å². The van der Waals surface area contributed by atoms with E-state index in [1.165, 1.54) is 7.11 Å². The standard InChI is InChI=1S/C15H16O3/c1-18-15(17)10-13-9-12(7-8-14(13)16)11-5-3-2-4-6-11/h2-6,9,13H,7-8,10H2,1H3. The summed E-state index contributed by atoms with van der Waals surface area (Å²) in [6, 6.07) is 9.96. The molecular weight excluding hydrogens is 228 g/mol. The van der Waals surface area contributed by atoms with Gasteiger partial charge < -0.3 is 4.74 Å². The Labute approximate surface area is 106 Å². The minimum absolute atomic E-state index is 0.125. The predicted octanol–water partition coefficient (Wildman–Crippen LogP) is 2.61. The van der Waals surface area contributed by atoms with Crippen LogP contribution in [0.5, 0.6) is 0 Å². The highest BCUT2D eigenvalue weighted by Crippen LogP contribution is 2.29. The van der Waals surface area contributed by atoms with Crippen molar-refractivity contribution in [2.24, 2.45) is 5.92 Å². The number of allylic oxidation sites excluding steroid dienone is 2. The highest BCUT2D eigenvalue weighted by molar-refractivity contribution is 5.92. The van der Waals surface area contributed by atoms with E-state index in [2.05, 4.69) is 4.74 Å². The molecule has 1 aromatic carbocycles. The highest BCUT2D eigenvalue weighted by Gasteiger charge is 2.25. The van der Waals surface area contributed by atoms with Crippen molar-refractivity contribution in [3.8, 4) is 0 Å². The Balaban J connectivity index is 2.20. The number of hydrogen-bond acceptors (Lipinski definition) is 3. The van der Waals surface area contributed by atoms with Crippen LogP contribution in [-0.4, -0.2) is 18.9 Å². The lowest BCUT2D eigenvalue weighted by Gasteiger charge is -2.19. The fourth-order valence-electron chi connectivity index (χ4n) is 2.19. The Hall–Kier alpha value is -1.90. The summed E-state index contributed by atoms with van der Waals surface area (Å²) in [5.41, 5.74) is 2.27. The van der Waals surface area contributed by atoms with Crippen LogP contribution in [0, 0.1) is 5.92 Å². The van der Waals surface area contributed by atoms with Gasteiger partial charge in [-0.25, -0.2) is 0 Å². The van der Waals surface area contributed by atoms with Crippen molar-refractivity contribution in [1.82, 2.24) is 0 Å². The number of ether oxygens (including phenoxy) is 1. The average Bonchev–Trinajstić information content (AvgIpc) is 2.42. The van der Waals surface area contributed by atoms with Crippen LogP contribution in [0.2, 0.25) is 0 Å². The number of esters is 1. The Bertz CT molecular complexity index is 474. The van der Waals surface area contributed by atoms with E-state index in [0.717, 1.165) is 17.6 Å². The van der Waals surface area contributed by atoms with Crippen LogP contribution in [0.25, 0.3) is 5.57 Å². The van der Waals surface area contributed by atoms with Gasteiger partial charge in [-0.05, 0) is 17.6 Å². The van der Waals surface area contributed by atoms with E-state index in [0.29, 0.717) is 6.42 Å². The first-order valence-electron chi connectivity index (χ1n) is 6.06. The van der Waals surface area contributed by atoms with Gasteiger partial charge in [0.2, 0.25) is 0 Å². The van der Waals surface area contributed by atoms with Gasteiger partial charge in [0.25, 0.3) is 0 Å². The summed E-state index contributed by atoms with van der Waals surface area (Å²) in [5, 5.41) is 0. The molecule has 0 radical (unpaired) electrons. The molecule has 0 saturated heterocycles. The minimum atomic E-state index is -0.334. The summed E-state index contributed by atoms with van der Waals surface area (Å²) in [6.07, 6.45) is 3.31. The molecule has 1 unspecified atom stereocenters. The third-order valence-corrected chi connectivity index (χ3v) is 3.22. The average molecular weight is 244 g/mol. The fraction of sp³-hybridized carbons (Fsp3) is 0.333. The second kappa shape index (κ2) is 5.63. The summed E-state index contributed by atoms with van der Waals surface area (Å²) in [5.74, 6) is -0.541. The number of benzene rings is 1. The van der Waals surface area contributed by atoms with Crippen molar-refractivity contribution in [2.45, 2.75) is 19.3 Å². The lowest BCUT2D eigenvalue weighted by molar-refractivity contribution is -0.143. The molecule has 1 aromatic rings. The van der Waals surface area contributed by atoms with Gasteiger partial charge in [-0.15, -0.1) is 0 Å².